The topological polar surface area (TPSA) is 32.3 Å². The Bertz CT molecular complexity index is 797. The van der Waals surface area contributed by atoms with Crippen LogP contribution in [0.3, 0.4) is 0 Å². The van der Waals surface area contributed by atoms with Gasteiger partial charge in [-0.1, -0.05) is 54.1 Å². The highest BCUT2D eigenvalue weighted by Gasteiger charge is 2.38. The highest BCUT2D eigenvalue weighted by Crippen LogP contribution is 2.43. The molecule has 26 heavy (non-hydrogen) atoms. The second-order valence-electron chi connectivity index (χ2n) is 7.49. The molecule has 1 aliphatic heterocycles. The Morgan fingerprint density at radius 1 is 1.00 bits per heavy atom. The van der Waals surface area contributed by atoms with Crippen molar-refractivity contribution >= 4 is 17.2 Å². The van der Waals surface area contributed by atoms with Gasteiger partial charge in [-0.15, -0.1) is 0 Å². The van der Waals surface area contributed by atoms with Gasteiger partial charge in [0.25, 0.3) is 0 Å². The molecule has 0 aromatic heterocycles. The maximum Gasteiger partial charge on any atom is 0.228 e. The average molecular weight is 346 g/mol. The molecule has 2 atom stereocenters. The summed E-state index contributed by atoms with van der Waals surface area (Å²) in [6.07, 6.45) is 2.98. The smallest absolute Gasteiger partial charge is 0.228 e. The van der Waals surface area contributed by atoms with Crippen molar-refractivity contribution in [1.29, 1.82) is 0 Å². The monoisotopic (exact) mass is 346 g/mol. The van der Waals surface area contributed by atoms with Gasteiger partial charge in [-0.2, -0.15) is 0 Å². The minimum Gasteiger partial charge on any atom is -0.326 e. The number of fused-ring (bicyclic) bond motifs is 1. The van der Waals surface area contributed by atoms with Gasteiger partial charge < -0.3 is 10.2 Å². The van der Waals surface area contributed by atoms with E-state index in [0.717, 1.165) is 38.0 Å². The quantitative estimate of drug-likeness (QED) is 0.891. The van der Waals surface area contributed by atoms with E-state index in [2.05, 4.69) is 47.6 Å². The maximum absolute atomic E-state index is 13.0. The molecule has 0 radical (unpaired) electrons. The minimum absolute atomic E-state index is 0.0559. The Kier molecular flexibility index (Phi) is 4.89. The van der Waals surface area contributed by atoms with E-state index in [-0.39, 0.29) is 11.8 Å². The molecule has 2 aromatic carbocycles. The Balaban J connectivity index is 1.62. The molecular weight excluding hydrogens is 320 g/mol. The van der Waals surface area contributed by atoms with Gasteiger partial charge in [-0.25, -0.2) is 0 Å². The number of hydrogen-bond donors (Lipinski definition) is 1. The van der Waals surface area contributed by atoms with Crippen LogP contribution >= 0.6 is 0 Å². The second kappa shape index (κ2) is 7.46. The zero-order chi connectivity index (χ0) is 17.9. The fourth-order valence-corrected chi connectivity index (χ4v) is 4.48. The number of rotatable bonds is 3. The van der Waals surface area contributed by atoms with Gasteiger partial charge in [-0.3, -0.25) is 4.79 Å². The lowest BCUT2D eigenvalue weighted by atomic mass is 9.70. The van der Waals surface area contributed by atoms with E-state index in [9.17, 15) is 4.79 Å². The predicted molar refractivity (Wildman–Crippen MR) is 107 cm³/mol. The number of amides is 1. The van der Waals surface area contributed by atoms with Crippen LogP contribution in [0, 0.1) is 11.8 Å². The molecule has 0 spiro atoms. The Morgan fingerprint density at radius 2 is 1.69 bits per heavy atom. The summed E-state index contributed by atoms with van der Waals surface area (Å²) in [5.74, 6) is 0.544. The van der Waals surface area contributed by atoms with E-state index < -0.39 is 0 Å². The third-order valence-electron chi connectivity index (χ3n) is 5.80. The highest BCUT2D eigenvalue weighted by atomic mass is 16.1. The van der Waals surface area contributed by atoms with E-state index in [1.165, 1.54) is 16.7 Å². The second-order valence-corrected chi connectivity index (χ2v) is 7.49. The summed E-state index contributed by atoms with van der Waals surface area (Å²) in [5.41, 5.74) is 5.21. The van der Waals surface area contributed by atoms with Gasteiger partial charge in [0.15, 0.2) is 0 Å². The zero-order valence-corrected chi connectivity index (χ0v) is 15.3. The van der Waals surface area contributed by atoms with Crippen LogP contribution in [0.2, 0.25) is 0 Å². The normalized spacial score (nSPS) is 23.4. The number of para-hydroxylation sites is 1. The minimum atomic E-state index is 0.0559. The molecule has 1 unspecified atom stereocenters. The number of anilines is 1. The molecule has 4 rings (SSSR count). The molecule has 1 heterocycles. The third-order valence-corrected chi connectivity index (χ3v) is 5.80. The number of benzene rings is 2. The first kappa shape index (κ1) is 17.0. The molecule has 1 amide bonds. The molecule has 1 N–H and O–H groups in total. The first-order chi connectivity index (χ1) is 12.7. The molecule has 3 nitrogen and oxygen atoms in total. The van der Waals surface area contributed by atoms with Crippen LogP contribution in [0.4, 0.5) is 5.69 Å². The van der Waals surface area contributed by atoms with Crippen LogP contribution < -0.4 is 5.32 Å². The molecule has 0 bridgehead atoms. The van der Waals surface area contributed by atoms with Gasteiger partial charge in [0, 0.05) is 30.6 Å². The maximum atomic E-state index is 13.0. The zero-order valence-electron chi connectivity index (χ0n) is 15.3. The van der Waals surface area contributed by atoms with Gasteiger partial charge in [0.1, 0.15) is 0 Å². The van der Waals surface area contributed by atoms with Crippen molar-refractivity contribution in [3.63, 3.8) is 0 Å². The first-order valence-electron chi connectivity index (χ1n) is 9.54. The van der Waals surface area contributed by atoms with Gasteiger partial charge in [-0.05, 0) is 49.6 Å². The van der Waals surface area contributed by atoms with Crippen molar-refractivity contribution in [2.45, 2.75) is 19.3 Å². The van der Waals surface area contributed by atoms with Crippen LogP contribution in [-0.2, 0) is 4.79 Å². The number of carbonyl (C=O) groups is 1. The summed E-state index contributed by atoms with van der Waals surface area (Å²) in [6.45, 7) is 2.05. The van der Waals surface area contributed by atoms with Gasteiger partial charge in [0.2, 0.25) is 5.91 Å². The molecular formula is C23H26N2O. The Hall–Kier alpha value is -2.39. The molecule has 2 aliphatic rings. The summed E-state index contributed by atoms with van der Waals surface area (Å²) < 4.78 is 0. The first-order valence-corrected chi connectivity index (χ1v) is 9.54. The number of allylic oxidation sites excluding steroid dienone is 1. The molecule has 1 saturated heterocycles. The van der Waals surface area contributed by atoms with E-state index in [1.807, 2.05) is 30.3 Å². The summed E-state index contributed by atoms with van der Waals surface area (Å²) >= 11 is 0. The molecule has 3 heteroatoms. The number of likely N-dealkylation sites (tertiary alicyclic amines) is 1. The van der Waals surface area contributed by atoms with Gasteiger partial charge in [0.05, 0.1) is 0 Å². The molecule has 0 saturated carbocycles. The van der Waals surface area contributed by atoms with Crippen molar-refractivity contribution in [3.8, 4) is 0 Å². The van der Waals surface area contributed by atoms with Gasteiger partial charge >= 0.3 is 0 Å². The number of hydrogen-bond acceptors (Lipinski definition) is 2. The SMILES string of the molecule is CN1CCC2=C(c3ccccc3)CC[C@@H](C(=O)Nc3ccccc3)C2C1. The summed E-state index contributed by atoms with van der Waals surface area (Å²) in [5, 5.41) is 3.13. The van der Waals surface area contributed by atoms with Crippen LogP contribution in [-0.4, -0.2) is 30.9 Å². The van der Waals surface area contributed by atoms with E-state index >= 15 is 0 Å². The average Bonchev–Trinajstić information content (AvgIpc) is 2.68. The number of nitrogens with zero attached hydrogens (tertiary/aromatic N) is 1. The highest BCUT2D eigenvalue weighted by molar-refractivity contribution is 5.93. The van der Waals surface area contributed by atoms with Crippen molar-refractivity contribution in [1.82, 2.24) is 4.90 Å². The summed E-state index contributed by atoms with van der Waals surface area (Å²) in [4.78, 5) is 15.4. The Labute approximate surface area is 155 Å². The van der Waals surface area contributed by atoms with Crippen LogP contribution in [0.1, 0.15) is 24.8 Å². The lowest BCUT2D eigenvalue weighted by Crippen LogP contribution is -2.43. The number of nitrogens with one attached hydrogen (secondary N) is 1. The summed E-state index contributed by atoms with van der Waals surface area (Å²) in [7, 11) is 2.17. The van der Waals surface area contributed by atoms with E-state index in [0.29, 0.717) is 5.92 Å². The Morgan fingerprint density at radius 3 is 2.42 bits per heavy atom. The third kappa shape index (κ3) is 3.45. The fourth-order valence-electron chi connectivity index (χ4n) is 4.48. The predicted octanol–water partition coefficient (Wildman–Crippen LogP) is 4.44. The van der Waals surface area contributed by atoms with Crippen LogP contribution in [0.5, 0.6) is 0 Å². The van der Waals surface area contributed by atoms with Crippen LogP contribution in [0.25, 0.3) is 5.57 Å². The largest absolute Gasteiger partial charge is 0.326 e. The molecule has 1 fully saturated rings. The fraction of sp³-hybridized carbons (Fsp3) is 0.348. The van der Waals surface area contributed by atoms with Crippen molar-refractivity contribution in [2.75, 3.05) is 25.5 Å². The lowest BCUT2D eigenvalue weighted by molar-refractivity contribution is -0.121. The summed E-state index contributed by atoms with van der Waals surface area (Å²) in [6, 6.07) is 20.5. The molecule has 2 aromatic rings. The molecule has 1 aliphatic carbocycles. The van der Waals surface area contributed by atoms with Crippen molar-refractivity contribution < 1.29 is 4.79 Å². The van der Waals surface area contributed by atoms with Crippen LogP contribution in [0.15, 0.2) is 66.2 Å². The van der Waals surface area contributed by atoms with E-state index in [4.69, 9.17) is 0 Å². The van der Waals surface area contributed by atoms with Crippen molar-refractivity contribution in [3.05, 3.63) is 71.8 Å². The number of piperidine rings is 1. The van der Waals surface area contributed by atoms with Crippen molar-refractivity contribution in [2.24, 2.45) is 11.8 Å². The number of carbonyl (C=O) groups excluding carboxylic acids is 1. The standard InChI is InChI=1S/C23H26N2O/c1-25-15-14-20-19(17-8-4-2-5-9-17)12-13-21(22(20)16-25)23(26)24-18-10-6-3-7-11-18/h2-11,21-22H,12-16H2,1H3,(H,24,26)/t21-,22?/m1/s1. The van der Waals surface area contributed by atoms with E-state index in [1.54, 1.807) is 0 Å². The lowest BCUT2D eigenvalue weighted by Gasteiger charge is -2.41. The molecule has 134 valence electrons.